The molecule has 0 unspecified atom stereocenters. The molecule has 0 aromatic rings. The fraction of sp³-hybridized carbons (Fsp3) is 0.625. The standard InChI is InChI=1S/C8H14FN3/c9-8(2-1-3-8)6-12-5-7(11)4-10/h4-5H,1-3,6,10-11H2/b7-4+,12-5?. The average Bonchev–Trinajstić information content (AvgIpc) is 2.01. The van der Waals surface area contributed by atoms with Gasteiger partial charge in [-0.3, -0.25) is 4.99 Å². The van der Waals surface area contributed by atoms with Crippen LogP contribution in [0.4, 0.5) is 4.39 Å². The summed E-state index contributed by atoms with van der Waals surface area (Å²) in [7, 11) is 0. The maximum Gasteiger partial charge on any atom is 0.130 e. The van der Waals surface area contributed by atoms with Gasteiger partial charge in [0.15, 0.2) is 0 Å². The molecule has 0 aromatic heterocycles. The Morgan fingerprint density at radius 2 is 2.25 bits per heavy atom. The molecule has 4 heteroatoms. The van der Waals surface area contributed by atoms with Crippen LogP contribution >= 0.6 is 0 Å². The molecule has 68 valence electrons. The third kappa shape index (κ3) is 2.22. The van der Waals surface area contributed by atoms with E-state index >= 15 is 0 Å². The minimum atomic E-state index is -1.06. The van der Waals surface area contributed by atoms with Crippen LogP contribution in [-0.4, -0.2) is 18.4 Å². The van der Waals surface area contributed by atoms with Crippen molar-refractivity contribution in [1.82, 2.24) is 0 Å². The molecule has 1 fully saturated rings. The smallest absolute Gasteiger partial charge is 0.130 e. The number of rotatable bonds is 3. The Morgan fingerprint density at radius 3 is 2.67 bits per heavy atom. The summed E-state index contributed by atoms with van der Waals surface area (Å²) >= 11 is 0. The summed E-state index contributed by atoms with van der Waals surface area (Å²) in [6.07, 6.45) is 4.86. The van der Waals surface area contributed by atoms with Crippen LogP contribution in [-0.2, 0) is 0 Å². The predicted octanol–water partition coefficient (Wildman–Crippen LogP) is 0.708. The monoisotopic (exact) mass is 171 g/mol. The summed E-state index contributed by atoms with van der Waals surface area (Å²) in [4.78, 5) is 3.86. The van der Waals surface area contributed by atoms with Crippen LogP contribution in [0.5, 0.6) is 0 Å². The van der Waals surface area contributed by atoms with Crippen molar-refractivity contribution in [3.05, 3.63) is 11.9 Å². The highest BCUT2D eigenvalue weighted by atomic mass is 19.1. The van der Waals surface area contributed by atoms with Crippen LogP contribution < -0.4 is 11.5 Å². The second-order valence-corrected chi connectivity index (χ2v) is 3.14. The van der Waals surface area contributed by atoms with Crippen molar-refractivity contribution in [3.8, 4) is 0 Å². The van der Waals surface area contributed by atoms with Gasteiger partial charge in [0, 0.05) is 12.4 Å². The zero-order chi connectivity index (χ0) is 9.03. The Hall–Kier alpha value is -1.06. The number of aliphatic imine (C=N–C) groups is 1. The van der Waals surface area contributed by atoms with E-state index in [0.717, 1.165) is 6.42 Å². The Balaban J connectivity index is 2.29. The molecule has 4 N–H and O–H groups in total. The Bertz CT molecular complexity index is 206. The molecule has 12 heavy (non-hydrogen) atoms. The van der Waals surface area contributed by atoms with E-state index < -0.39 is 5.67 Å². The van der Waals surface area contributed by atoms with Gasteiger partial charge in [0.1, 0.15) is 5.67 Å². The van der Waals surface area contributed by atoms with Crippen LogP contribution in [0, 0.1) is 0 Å². The molecular weight excluding hydrogens is 157 g/mol. The van der Waals surface area contributed by atoms with Crippen LogP contribution in [0.1, 0.15) is 19.3 Å². The Labute approximate surface area is 71.3 Å². The zero-order valence-electron chi connectivity index (χ0n) is 6.96. The van der Waals surface area contributed by atoms with Gasteiger partial charge in [0.25, 0.3) is 0 Å². The first-order valence-electron chi connectivity index (χ1n) is 4.02. The Morgan fingerprint density at radius 1 is 1.58 bits per heavy atom. The minimum Gasteiger partial charge on any atom is -0.403 e. The van der Waals surface area contributed by atoms with Crippen LogP contribution in [0.2, 0.25) is 0 Å². The summed E-state index contributed by atoms with van der Waals surface area (Å²) in [5.74, 6) is 0. The Kier molecular flexibility index (Phi) is 2.68. The summed E-state index contributed by atoms with van der Waals surface area (Å²) in [6.45, 7) is 0.210. The molecule has 1 saturated carbocycles. The largest absolute Gasteiger partial charge is 0.403 e. The maximum atomic E-state index is 13.3. The van der Waals surface area contributed by atoms with Gasteiger partial charge in [-0.25, -0.2) is 4.39 Å². The van der Waals surface area contributed by atoms with Crippen molar-refractivity contribution in [1.29, 1.82) is 0 Å². The number of halogens is 1. The third-order valence-corrected chi connectivity index (χ3v) is 2.06. The number of nitrogens with two attached hydrogens (primary N) is 2. The molecule has 0 aliphatic heterocycles. The van der Waals surface area contributed by atoms with Gasteiger partial charge in [0.2, 0.25) is 0 Å². The summed E-state index contributed by atoms with van der Waals surface area (Å²) < 4.78 is 13.3. The fourth-order valence-corrected chi connectivity index (χ4v) is 1.08. The lowest BCUT2D eigenvalue weighted by molar-refractivity contribution is 0.0743. The lowest BCUT2D eigenvalue weighted by Gasteiger charge is -2.31. The molecule has 1 aliphatic rings. The molecule has 0 saturated heterocycles. The molecule has 0 atom stereocenters. The number of hydrogen-bond donors (Lipinski definition) is 2. The van der Waals surface area contributed by atoms with Crippen molar-refractivity contribution >= 4 is 6.21 Å². The fourth-order valence-electron chi connectivity index (χ4n) is 1.08. The SMILES string of the molecule is N/C=C(/N)C=NCC1(F)CCC1. The molecule has 3 nitrogen and oxygen atoms in total. The van der Waals surface area contributed by atoms with Gasteiger partial charge in [0.05, 0.1) is 12.2 Å². The lowest BCUT2D eigenvalue weighted by Crippen LogP contribution is -2.34. The van der Waals surface area contributed by atoms with E-state index in [1.807, 2.05) is 0 Å². The number of alkyl halides is 1. The van der Waals surface area contributed by atoms with Gasteiger partial charge >= 0.3 is 0 Å². The molecule has 0 radical (unpaired) electrons. The molecule has 1 aliphatic carbocycles. The van der Waals surface area contributed by atoms with Crippen LogP contribution in [0.3, 0.4) is 0 Å². The summed E-state index contributed by atoms with van der Waals surface area (Å²) in [5, 5.41) is 0. The molecule has 1 rings (SSSR count). The van der Waals surface area contributed by atoms with E-state index in [9.17, 15) is 4.39 Å². The summed E-state index contributed by atoms with van der Waals surface area (Å²) in [6, 6.07) is 0. The van der Waals surface area contributed by atoms with Crippen molar-refractivity contribution in [2.45, 2.75) is 24.9 Å². The van der Waals surface area contributed by atoms with Crippen LogP contribution in [0.25, 0.3) is 0 Å². The van der Waals surface area contributed by atoms with Gasteiger partial charge in [-0.05, 0) is 19.3 Å². The first-order chi connectivity index (χ1) is 5.66. The highest BCUT2D eigenvalue weighted by molar-refractivity contribution is 5.76. The van der Waals surface area contributed by atoms with Crippen molar-refractivity contribution in [2.24, 2.45) is 16.5 Å². The van der Waals surface area contributed by atoms with E-state index in [-0.39, 0.29) is 6.54 Å². The molecule has 0 bridgehead atoms. The number of hydrogen-bond acceptors (Lipinski definition) is 3. The maximum absolute atomic E-state index is 13.3. The quantitative estimate of drug-likeness (QED) is 0.614. The average molecular weight is 171 g/mol. The third-order valence-electron chi connectivity index (χ3n) is 2.06. The zero-order valence-corrected chi connectivity index (χ0v) is 6.96. The second kappa shape index (κ2) is 3.56. The molecule has 0 aromatic carbocycles. The van der Waals surface area contributed by atoms with Crippen molar-refractivity contribution in [3.63, 3.8) is 0 Å². The van der Waals surface area contributed by atoms with E-state index in [0.29, 0.717) is 18.5 Å². The topological polar surface area (TPSA) is 64.4 Å². The van der Waals surface area contributed by atoms with Crippen LogP contribution in [0.15, 0.2) is 16.9 Å². The first kappa shape index (κ1) is 9.03. The molecule has 0 amide bonds. The molecule has 0 heterocycles. The second-order valence-electron chi connectivity index (χ2n) is 3.14. The lowest BCUT2D eigenvalue weighted by atomic mass is 9.82. The first-order valence-corrected chi connectivity index (χ1v) is 4.02. The van der Waals surface area contributed by atoms with E-state index in [1.165, 1.54) is 12.4 Å². The normalized spacial score (nSPS) is 22.6. The van der Waals surface area contributed by atoms with Crippen molar-refractivity contribution < 1.29 is 4.39 Å². The van der Waals surface area contributed by atoms with Gasteiger partial charge in [-0.1, -0.05) is 0 Å². The predicted molar refractivity (Wildman–Crippen MR) is 47.5 cm³/mol. The summed E-state index contributed by atoms with van der Waals surface area (Å²) in [5.41, 5.74) is 9.73. The van der Waals surface area contributed by atoms with Gasteiger partial charge in [-0.2, -0.15) is 0 Å². The van der Waals surface area contributed by atoms with E-state index in [1.54, 1.807) is 0 Å². The highest BCUT2D eigenvalue weighted by Crippen LogP contribution is 2.35. The minimum absolute atomic E-state index is 0.210. The molecular formula is C8H14FN3. The van der Waals surface area contributed by atoms with E-state index in [4.69, 9.17) is 11.5 Å². The van der Waals surface area contributed by atoms with E-state index in [2.05, 4.69) is 4.99 Å². The van der Waals surface area contributed by atoms with Crippen molar-refractivity contribution in [2.75, 3.05) is 6.54 Å². The van der Waals surface area contributed by atoms with Gasteiger partial charge < -0.3 is 11.5 Å². The molecule has 0 spiro atoms. The van der Waals surface area contributed by atoms with Gasteiger partial charge in [-0.15, -0.1) is 0 Å². The highest BCUT2D eigenvalue weighted by Gasteiger charge is 2.36. The number of nitrogens with zero attached hydrogens (tertiary/aromatic N) is 1. The number of allylic oxidation sites excluding steroid dienone is 1.